The minimum absolute atomic E-state index is 0. The van der Waals surface area contributed by atoms with Gasteiger partial charge in [-0.15, -0.1) is 5.50 Å². The van der Waals surface area contributed by atoms with Crippen molar-refractivity contribution in [3.63, 3.8) is 0 Å². The van der Waals surface area contributed by atoms with E-state index in [0.29, 0.717) is 6.61 Å². The van der Waals surface area contributed by atoms with Gasteiger partial charge in [0.15, 0.2) is 17.4 Å². The van der Waals surface area contributed by atoms with Crippen molar-refractivity contribution >= 4 is 33.5 Å². The molecule has 0 aliphatic heterocycles. The molecule has 0 aliphatic rings. The van der Waals surface area contributed by atoms with Crippen molar-refractivity contribution < 1.29 is 23.1 Å². The minimum Gasteiger partial charge on any atom is -0.168 e. The van der Waals surface area contributed by atoms with Crippen molar-refractivity contribution in [2.75, 3.05) is 19.4 Å². The molecule has 5 N–H and O–H groups in total. The molecule has 0 saturated heterocycles. The van der Waals surface area contributed by atoms with Crippen LogP contribution in [0.4, 0.5) is 0 Å². The molecular weight excluding hydrogens is 245 g/mol. The van der Waals surface area contributed by atoms with E-state index in [0.717, 1.165) is 0 Å². The summed E-state index contributed by atoms with van der Waals surface area (Å²) in [6.45, 7) is 1.98. The van der Waals surface area contributed by atoms with Crippen molar-refractivity contribution in [2.45, 2.75) is 6.92 Å². The molecule has 0 amide bonds. The van der Waals surface area contributed by atoms with E-state index >= 15 is 0 Å². The Morgan fingerprint density at radius 2 is 2.07 bits per heavy atom. The monoisotopic (exact) mass is 262 g/mol. The molecule has 0 aromatic rings. The molecule has 2 atom stereocenters. The van der Waals surface area contributed by atoms with Crippen molar-refractivity contribution in [1.29, 1.82) is 0 Å². The van der Waals surface area contributed by atoms with Gasteiger partial charge in [0.05, 0.1) is 6.61 Å². The van der Waals surface area contributed by atoms with Gasteiger partial charge in [-0.1, -0.05) is 4.62 Å². The second-order valence-electron chi connectivity index (χ2n) is 1.97. The number of rotatable bonds is 7. The smallest absolute Gasteiger partial charge is 0.168 e. The molecule has 0 heterocycles. The van der Waals surface area contributed by atoms with E-state index in [4.69, 9.17) is 25.3 Å². The molecule has 0 aromatic heterocycles. The van der Waals surface area contributed by atoms with Crippen LogP contribution in [0.25, 0.3) is 0 Å². The summed E-state index contributed by atoms with van der Waals surface area (Å²) in [6, 6.07) is 0. The maximum atomic E-state index is 10.3. The van der Waals surface area contributed by atoms with E-state index in [1.54, 1.807) is 6.92 Å². The van der Waals surface area contributed by atoms with Crippen molar-refractivity contribution in [1.82, 2.24) is 0 Å². The predicted molar refractivity (Wildman–Crippen MR) is 58.6 cm³/mol. The van der Waals surface area contributed by atoms with Gasteiger partial charge >= 0.3 is 16.1 Å². The first-order valence-electron chi connectivity index (χ1n) is 3.52. The number of hydrogen-bond donors (Lipinski definition) is 3. The standard InChI is InChI=1S/C4H13N2O5P2.Al.3H/c1-2-9-13(6,11-5)10-3-4-12(7)8;;;;/h2-6H2,1H3;;;;/q+1;;;;/p+1. The number of nitrogens with two attached hydrogens (primary N) is 2. The van der Waals surface area contributed by atoms with Gasteiger partial charge in [0.25, 0.3) is 0 Å². The Hall–Kier alpha value is 0.822. The van der Waals surface area contributed by atoms with Crippen molar-refractivity contribution in [3.8, 4) is 0 Å². The molecule has 0 saturated carbocycles. The molecule has 0 aliphatic carbocycles. The Balaban J connectivity index is 0. The fourth-order valence-corrected chi connectivity index (χ4v) is 1.82. The third-order valence-electron chi connectivity index (χ3n) is 1.01. The van der Waals surface area contributed by atoms with E-state index in [2.05, 4.69) is 4.62 Å². The summed E-state index contributed by atoms with van der Waals surface area (Å²) < 4.78 is 24.4. The zero-order valence-corrected chi connectivity index (χ0v) is 9.04. The summed E-state index contributed by atoms with van der Waals surface area (Å²) in [7, 11) is -5.20. The summed E-state index contributed by atoms with van der Waals surface area (Å²) in [5.74, 6) is 4.85. The lowest BCUT2D eigenvalue weighted by Crippen LogP contribution is -2.19. The summed E-state index contributed by atoms with van der Waals surface area (Å²) in [4.78, 5) is 8.44. The Morgan fingerprint density at radius 3 is 2.43 bits per heavy atom. The number of hydrogen-bond acceptors (Lipinski definition) is 6. The van der Waals surface area contributed by atoms with Gasteiger partial charge in [-0.2, -0.15) is 19.8 Å². The third kappa shape index (κ3) is 8.16. The lowest BCUT2D eigenvalue weighted by atomic mass is 10.9. The van der Waals surface area contributed by atoms with Crippen LogP contribution in [0.2, 0.25) is 0 Å². The van der Waals surface area contributed by atoms with Gasteiger partial charge in [-0.3, -0.25) is 0 Å². The largest absolute Gasteiger partial charge is 0.517 e. The van der Waals surface area contributed by atoms with Gasteiger partial charge in [-0.05, 0) is 11.5 Å². The lowest BCUT2D eigenvalue weighted by molar-refractivity contribution is 0.147. The van der Waals surface area contributed by atoms with E-state index in [1.165, 1.54) is 0 Å². The van der Waals surface area contributed by atoms with Crippen LogP contribution >= 0.6 is 16.1 Å². The third-order valence-corrected chi connectivity index (χ3v) is 3.03. The average Bonchev–Trinajstić information content (AvgIpc) is 2.04. The zero-order chi connectivity index (χ0) is 10.3. The van der Waals surface area contributed by atoms with Crippen LogP contribution in [0, 0.1) is 0 Å². The molecule has 84 valence electrons. The Morgan fingerprint density at radius 1 is 1.50 bits per heavy atom. The first-order valence-corrected chi connectivity index (χ1v) is 6.53. The Labute approximate surface area is 94.7 Å². The first kappa shape index (κ1) is 17.2. The quantitative estimate of drug-likeness (QED) is 0.309. The van der Waals surface area contributed by atoms with Crippen LogP contribution in [-0.2, 0) is 18.2 Å². The van der Waals surface area contributed by atoms with Gasteiger partial charge < -0.3 is 0 Å². The Kier molecular flexibility index (Phi) is 11.2. The molecule has 0 rings (SSSR count). The maximum Gasteiger partial charge on any atom is 0.517 e. The van der Waals surface area contributed by atoms with Gasteiger partial charge in [0, 0.05) is 0 Å². The van der Waals surface area contributed by atoms with E-state index in [-0.39, 0.29) is 30.1 Å². The van der Waals surface area contributed by atoms with Crippen molar-refractivity contribution in [2.24, 2.45) is 11.4 Å². The van der Waals surface area contributed by atoms with E-state index in [9.17, 15) is 4.57 Å². The fraction of sp³-hybridized carbons (Fsp3) is 1.00. The second-order valence-corrected chi connectivity index (χ2v) is 4.93. The summed E-state index contributed by atoms with van der Waals surface area (Å²) in [6.07, 6.45) is -0.0231. The van der Waals surface area contributed by atoms with Crippen LogP contribution in [0.5, 0.6) is 0 Å². The highest BCUT2D eigenvalue weighted by molar-refractivity contribution is 7.59. The zero-order valence-electron chi connectivity index (χ0n) is 7.25. The maximum absolute atomic E-state index is 10.3. The molecule has 0 radical (unpaired) electrons. The van der Waals surface area contributed by atoms with E-state index in [1.807, 2.05) is 0 Å². The SMILES string of the molecule is CCO[P+](N)(ON)OCC[P+](=O)O.[AlH3]. The van der Waals surface area contributed by atoms with Gasteiger partial charge in [-0.25, -0.2) is 0 Å². The lowest BCUT2D eigenvalue weighted by Gasteiger charge is -2.11. The van der Waals surface area contributed by atoms with Crippen molar-refractivity contribution in [3.05, 3.63) is 0 Å². The molecule has 10 heteroatoms. The van der Waals surface area contributed by atoms with Crippen LogP contribution < -0.4 is 11.4 Å². The molecule has 0 fully saturated rings. The van der Waals surface area contributed by atoms with Gasteiger partial charge in [0.1, 0.15) is 6.61 Å². The topological polar surface area (TPSA) is 117 Å². The normalized spacial score (nSPS) is 15.6. The van der Waals surface area contributed by atoms with Crippen LogP contribution in [-0.4, -0.2) is 41.6 Å². The highest BCUT2D eigenvalue weighted by atomic mass is 31.2. The summed E-state index contributed by atoms with van der Waals surface area (Å²) >= 11 is 0. The Bertz CT molecular complexity index is 176. The van der Waals surface area contributed by atoms with Crippen LogP contribution in [0.15, 0.2) is 0 Å². The molecule has 2 unspecified atom stereocenters. The molecule has 0 spiro atoms. The highest BCUT2D eigenvalue weighted by Gasteiger charge is 2.41. The highest BCUT2D eigenvalue weighted by Crippen LogP contribution is 2.52. The summed E-state index contributed by atoms with van der Waals surface area (Å²) in [5.41, 5.74) is 5.44. The second kappa shape index (κ2) is 9.08. The molecule has 7 nitrogen and oxygen atoms in total. The average molecular weight is 262 g/mol. The molecule has 0 bridgehead atoms. The van der Waals surface area contributed by atoms with Crippen LogP contribution in [0.3, 0.4) is 0 Å². The first-order chi connectivity index (χ1) is 6.04. The minimum atomic E-state index is -2.97. The van der Waals surface area contributed by atoms with Gasteiger partial charge in [0.2, 0.25) is 6.16 Å². The molecular formula is C4H17AlN2O5P2+2. The predicted octanol–water partition coefficient (Wildman–Crippen LogP) is -0.883. The molecule has 14 heavy (non-hydrogen) atoms. The van der Waals surface area contributed by atoms with Crippen LogP contribution in [0.1, 0.15) is 6.92 Å². The molecule has 0 aromatic carbocycles. The fourth-order valence-electron chi connectivity index (χ4n) is 0.524. The van der Waals surface area contributed by atoms with E-state index < -0.39 is 16.1 Å². The summed E-state index contributed by atoms with van der Waals surface area (Å²) in [5, 5.41) is 0.